The third-order valence-corrected chi connectivity index (χ3v) is 2.43. The average molecular weight is 208 g/mol. The number of aliphatic imine (C=N–C) groups is 1. The van der Waals surface area contributed by atoms with E-state index < -0.39 is 0 Å². The maximum absolute atomic E-state index is 5.31. The van der Waals surface area contributed by atoms with Crippen molar-refractivity contribution < 1.29 is 4.74 Å². The second-order valence-corrected chi connectivity index (χ2v) is 3.72. The van der Waals surface area contributed by atoms with Gasteiger partial charge in [-0.05, 0) is 13.3 Å². The van der Waals surface area contributed by atoms with Crippen LogP contribution < -0.4 is 0 Å². The predicted octanol–water partition coefficient (Wildman–Crippen LogP) is 0.753. The van der Waals surface area contributed by atoms with Gasteiger partial charge in [-0.1, -0.05) is 5.21 Å². The standard InChI is InChI=1S/C10H16N4O/c1-2-11-5-10-7-14(13-12-10)6-9-3-4-15-8-9/h5,7,9H,2-4,6,8H2,1H3/t9-/m1/s1. The van der Waals surface area contributed by atoms with Crippen LogP contribution in [0.5, 0.6) is 0 Å². The maximum atomic E-state index is 5.31. The highest BCUT2D eigenvalue weighted by Crippen LogP contribution is 2.13. The summed E-state index contributed by atoms with van der Waals surface area (Å²) in [6.45, 7) is 5.40. The van der Waals surface area contributed by atoms with Gasteiger partial charge >= 0.3 is 0 Å². The topological polar surface area (TPSA) is 52.3 Å². The highest BCUT2D eigenvalue weighted by atomic mass is 16.5. The summed E-state index contributed by atoms with van der Waals surface area (Å²) in [5, 5.41) is 8.07. The Morgan fingerprint density at radius 2 is 2.67 bits per heavy atom. The largest absolute Gasteiger partial charge is 0.381 e. The van der Waals surface area contributed by atoms with Crippen LogP contribution in [0.15, 0.2) is 11.2 Å². The van der Waals surface area contributed by atoms with E-state index >= 15 is 0 Å². The first-order chi connectivity index (χ1) is 7.38. The number of rotatable bonds is 4. The molecule has 15 heavy (non-hydrogen) atoms. The summed E-state index contributed by atoms with van der Waals surface area (Å²) in [5.41, 5.74) is 0.829. The molecule has 1 fully saturated rings. The molecule has 5 heteroatoms. The quantitative estimate of drug-likeness (QED) is 0.686. The number of hydrogen-bond acceptors (Lipinski definition) is 4. The van der Waals surface area contributed by atoms with E-state index in [2.05, 4.69) is 15.3 Å². The lowest BCUT2D eigenvalue weighted by molar-refractivity contribution is 0.181. The van der Waals surface area contributed by atoms with Crippen LogP contribution in [0.3, 0.4) is 0 Å². The van der Waals surface area contributed by atoms with Crippen LogP contribution in [0.1, 0.15) is 19.0 Å². The van der Waals surface area contributed by atoms with Crippen LogP contribution in [0.2, 0.25) is 0 Å². The Balaban J connectivity index is 1.91. The summed E-state index contributed by atoms with van der Waals surface area (Å²) in [5.74, 6) is 0.586. The number of aromatic nitrogens is 3. The maximum Gasteiger partial charge on any atom is 0.123 e. The highest BCUT2D eigenvalue weighted by molar-refractivity contribution is 5.76. The van der Waals surface area contributed by atoms with Gasteiger partial charge in [0.25, 0.3) is 0 Å². The molecule has 2 heterocycles. The van der Waals surface area contributed by atoms with Crippen molar-refractivity contribution >= 4 is 6.21 Å². The summed E-state index contributed by atoms with van der Waals surface area (Å²) in [6, 6.07) is 0. The van der Waals surface area contributed by atoms with E-state index in [1.807, 2.05) is 17.8 Å². The van der Waals surface area contributed by atoms with Crippen molar-refractivity contribution in [1.29, 1.82) is 0 Å². The molecule has 1 aromatic rings. The molecule has 1 aromatic heterocycles. The van der Waals surface area contributed by atoms with Crippen molar-refractivity contribution in [2.24, 2.45) is 10.9 Å². The summed E-state index contributed by atoms with van der Waals surface area (Å²) in [4.78, 5) is 4.12. The molecule has 0 amide bonds. The molecule has 1 saturated heterocycles. The van der Waals surface area contributed by atoms with Gasteiger partial charge in [-0.15, -0.1) is 5.10 Å². The number of ether oxygens (including phenoxy) is 1. The molecule has 1 aliphatic heterocycles. The fourth-order valence-electron chi connectivity index (χ4n) is 1.64. The van der Waals surface area contributed by atoms with E-state index in [-0.39, 0.29) is 0 Å². The fourth-order valence-corrected chi connectivity index (χ4v) is 1.64. The molecule has 0 aliphatic carbocycles. The molecule has 0 saturated carbocycles. The Morgan fingerprint density at radius 3 is 3.40 bits per heavy atom. The van der Waals surface area contributed by atoms with E-state index in [0.717, 1.165) is 38.4 Å². The van der Waals surface area contributed by atoms with Gasteiger partial charge in [0.05, 0.1) is 19.0 Å². The molecule has 0 aromatic carbocycles. The third-order valence-electron chi connectivity index (χ3n) is 2.43. The molecule has 0 unspecified atom stereocenters. The molecular formula is C10H16N4O. The lowest BCUT2D eigenvalue weighted by atomic mass is 10.1. The zero-order chi connectivity index (χ0) is 10.5. The molecule has 1 aliphatic rings. The molecule has 2 rings (SSSR count). The zero-order valence-electron chi connectivity index (χ0n) is 8.96. The van der Waals surface area contributed by atoms with E-state index in [1.165, 1.54) is 0 Å². The van der Waals surface area contributed by atoms with Crippen LogP contribution in [-0.4, -0.2) is 41.0 Å². The van der Waals surface area contributed by atoms with Crippen molar-refractivity contribution in [3.05, 3.63) is 11.9 Å². The van der Waals surface area contributed by atoms with E-state index in [1.54, 1.807) is 6.21 Å². The summed E-state index contributed by atoms with van der Waals surface area (Å²) >= 11 is 0. The third kappa shape index (κ3) is 2.86. The Bertz CT molecular complexity index is 328. The van der Waals surface area contributed by atoms with Crippen molar-refractivity contribution in [2.45, 2.75) is 19.9 Å². The molecule has 0 spiro atoms. The first-order valence-electron chi connectivity index (χ1n) is 5.36. The Morgan fingerprint density at radius 1 is 1.73 bits per heavy atom. The van der Waals surface area contributed by atoms with Crippen molar-refractivity contribution in [3.8, 4) is 0 Å². The Labute approximate surface area is 89.1 Å². The number of nitrogens with zero attached hydrogens (tertiary/aromatic N) is 4. The molecule has 0 radical (unpaired) electrons. The monoisotopic (exact) mass is 208 g/mol. The fraction of sp³-hybridized carbons (Fsp3) is 0.700. The van der Waals surface area contributed by atoms with Gasteiger partial charge in [0.2, 0.25) is 0 Å². The van der Waals surface area contributed by atoms with Gasteiger partial charge < -0.3 is 4.74 Å². The molecular weight excluding hydrogens is 192 g/mol. The molecule has 0 bridgehead atoms. The van der Waals surface area contributed by atoms with Gasteiger partial charge in [-0.2, -0.15) is 0 Å². The Hall–Kier alpha value is -1.23. The Kier molecular flexibility index (Phi) is 3.45. The summed E-state index contributed by atoms with van der Waals surface area (Å²) < 4.78 is 7.18. The smallest absolute Gasteiger partial charge is 0.123 e. The van der Waals surface area contributed by atoms with Gasteiger partial charge in [-0.25, -0.2) is 0 Å². The van der Waals surface area contributed by atoms with Gasteiger partial charge in [0.15, 0.2) is 0 Å². The normalized spacial score (nSPS) is 21.5. The van der Waals surface area contributed by atoms with Crippen LogP contribution in [0, 0.1) is 5.92 Å². The van der Waals surface area contributed by atoms with E-state index in [0.29, 0.717) is 5.92 Å². The molecule has 5 nitrogen and oxygen atoms in total. The molecule has 82 valence electrons. The van der Waals surface area contributed by atoms with Crippen LogP contribution in [0.25, 0.3) is 0 Å². The van der Waals surface area contributed by atoms with E-state index in [9.17, 15) is 0 Å². The molecule has 1 atom stereocenters. The zero-order valence-corrected chi connectivity index (χ0v) is 8.96. The van der Waals surface area contributed by atoms with Crippen LogP contribution >= 0.6 is 0 Å². The van der Waals surface area contributed by atoms with Gasteiger partial charge in [0.1, 0.15) is 5.69 Å². The SMILES string of the molecule is CCN=Cc1cn(C[C@H]2CCOC2)nn1. The van der Waals surface area contributed by atoms with Crippen LogP contribution in [-0.2, 0) is 11.3 Å². The lowest BCUT2D eigenvalue weighted by Crippen LogP contribution is -2.11. The predicted molar refractivity (Wildman–Crippen MR) is 57.1 cm³/mol. The second kappa shape index (κ2) is 5.02. The minimum absolute atomic E-state index is 0.586. The van der Waals surface area contributed by atoms with Gasteiger partial charge in [-0.3, -0.25) is 9.67 Å². The molecule has 0 N–H and O–H groups in total. The van der Waals surface area contributed by atoms with Crippen LogP contribution in [0.4, 0.5) is 0 Å². The minimum Gasteiger partial charge on any atom is -0.381 e. The first-order valence-corrected chi connectivity index (χ1v) is 5.36. The first kappa shape index (κ1) is 10.3. The summed E-state index contributed by atoms with van der Waals surface area (Å²) in [6.07, 6.45) is 4.81. The summed E-state index contributed by atoms with van der Waals surface area (Å²) in [7, 11) is 0. The lowest BCUT2D eigenvalue weighted by Gasteiger charge is -2.05. The number of hydrogen-bond donors (Lipinski definition) is 0. The highest BCUT2D eigenvalue weighted by Gasteiger charge is 2.16. The van der Waals surface area contributed by atoms with Crippen molar-refractivity contribution in [1.82, 2.24) is 15.0 Å². The van der Waals surface area contributed by atoms with E-state index in [4.69, 9.17) is 4.74 Å². The van der Waals surface area contributed by atoms with Crippen molar-refractivity contribution in [2.75, 3.05) is 19.8 Å². The van der Waals surface area contributed by atoms with Crippen molar-refractivity contribution in [3.63, 3.8) is 0 Å². The minimum atomic E-state index is 0.586. The van der Waals surface area contributed by atoms with Gasteiger partial charge in [0, 0.05) is 25.6 Å². The second-order valence-electron chi connectivity index (χ2n) is 3.72. The average Bonchev–Trinajstić information content (AvgIpc) is 2.87.